The predicted molar refractivity (Wildman–Crippen MR) is 88.1 cm³/mol. The maximum Gasteiger partial charge on any atom is 0.241 e. The first kappa shape index (κ1) is 15.9. The van der Waals surface area contributed by atoms with Gasteiger partial charge in [0.2, 0.25) is 5.91 Å². The number of amides is 1. The highest BCUT2D eigenvalue weighted by molar-refractivity contribution is 7.98. The van der Waals surface area contributed by atoms with Crippen LogP contribution >= 0.6 is 23.1 Å². The molecule has 0 aromatic carbocycles. The van der Waals surface area contributed by atoms with E-state index in [-0.39, 0.29) is 18.1 Å². The fourth-order valence-electron chi connectivity index (χ4n) is 2.75. The highest BCUT2D eigenvalue weighted by atomic mass is 32.2. The number of nitrogens with zero attached hydrogens (tertiary/aromatic N) is 1. The van der Waals surface area contributed by atoms with E-state index in [1.165, 1.54) is 5.56 Å². The molecule has 1 aliphatic rings. The van der Waals surface area contributed by atoms with Gasteiger partial charge in [-0.15, -0.1) is 0 Å². The summed E-state index contributed by atoms with van der Waals surface area (Å²) in [5, 5.41) is 7.77. The largest absolute Gasteiger partial charge is 0.318 e. The molecule has 1 aliphatic heterocycles. The van der Waals surface area contributed by atoms with E-state index in [9.17, 15) is 4.79 Å². The van der Waals surface area contributed by atoms with Crippen LogP contribution < -0.4 is 5.32 Å². The molecular weight excluding hydrogens is 288 g/mol. The van der Waals surface area contributed by atoms with Gasteiger partial charge in [-0.2, -0.15) is 23.1 Å². The first-order valence-electron chi connectivity index (χ1n) is 7.19. The summed E-state index contributed by atoms with van der Waals surface area (Å²) in [5.74, 6) is 1.58. The zero-order valence-electron chi connectivity index (χ0n) is 12.6. The lowest BCUT2D eigenvalue weighted by Gasteiger charge is -2.31. The molecule has 1 aromatic heterocycles. The van der Waals surface area contributed by atoms with Crippen LogP contribution in [0.25, 0.3) is 0 Å². The third-order valence-electron chi connectivity index (χ3n) is 3.89. The Morgan fingerprint density at radius 1 is 1.50 bits per heavy atom. The molecule has 3 nitrogen and oxygen atoms in total. The lowest BCUT2D eigenvalue weighted by Crippen LogP contribution is -2.41. The Labute approximate surface area is 130 Å². The Balaban J connectivity index is 2.29. The molecule has 1 amide bonds. The molecule has 3 atom stereocenters. The number of carbonyl (C=O) groups is 1. The van der Waals surface area contributed by atoms with E-state index >= 15 is 0 Å². The third kappa shape index (κ3) is 3.05. The molecule has 0 spiro atoms. The van der Waals surface area contributed by atoms with Gasteiger partial charge in [-0.1, -0.05) is 20.8 Å². The van der Waals surface area contributed by atoms with E-state index in [0.717, 1.165) is 12.2 Å². The molecule has 0 aliphatic carbocycles. The lowest BCUT2D eigenvalue weighted by atomic mass is 10.0. The van der Waals surface area contributed by atoms with Crippen LogP contribution in [-0.4, -0.2) is 34.9 Å². The van der Waals surface area contributed by atoms with Gasteiger partial charge in [0.15, 0.2) is 0 Å². The van der Waals surface area contributed by atoms with Crippen LogP contribution in [-0.2, 0) is 4.79 Å². The van der Waals surface area contributed by atoms with E-state index in [4.69, 9.17) is 0 Å². The minimum absolute atomic E-state index is 0.0400. The second-order valence-corrected chi connectivity index (χ2v) is 7.30. The van der Waals surface area contributed by atoms with Crippen LogP contribution in [0.1, 0.15) is 38.9 Å². The Hall–Kier alpha value is -0.520. The lowest BCUT2D eigenvalue weighted by molar-refractivity contribution is -0.132. The summed E-state index contributed by atoms with van der Waals surface area (Å²) in [7, 11) is 0. The Morgan fingerprint density at radius 3 is 2.75 bits per heavy atom. The van der Waals surface area contributed by atoms with Gasteiger partial charge in [-0.25, -0.2) is 0 Å². The van der Waals surface area contributed by atoms with Crippen LogP contribution in [0, 0.1) is 5.92 Å². The summed E-state index contributed by atoms with van der Waals surface area (Å²) in [6.45, 7) is 6.39. The van der Waals surface area contributed by atoms with Crippen LogP contribution in [0.2, 0.25) is 0 Å². The SMILES string of the molecule is CCC(CSC)N1C(=O)C(C(C)C)NC1c1ccsc1. The van der Waals surface area contributed by atoms with Crippen LogP contribution in [0.3, 0.4) is 0 Å². The molecule has 20 heavy (non-hydrogen) atoms. The smallest absolute Gasteiger partial charge is 0.241 e. The Kier molecular flexibility index (Phi) is 5.52. The molecule has 0 radical (unpaired) electrons. The van der Waals surface area contributed by atoms with Gasteiger partial charge in [0.25, 0.3) is 0 Å². The summed E-state index contributed by atoms with van der Waals surface area (Å²) in [6.07, 6.45) is 3.15. The van der Waals surface area contributed by atoms with Crippen molar-refractivity contribution in [2.45, 2.75) is 45.4 Å². The molecular formula is C15H24N2OS2. The van der Waals surface area contributed by atoms with Gasteiger partial charge in [0.1, 0.15) is 6.17 Å². The van der Waals surface area contributed by atoms with Crippen LogP contribution in [0.4, 0.5) is 0 Å². The Morgan fingerprint density at radius 2 is 2.25 bits per heavy atom. The number of thioether (sulfide) groups is 1. The van der Waals surface area contributed by atoms with E-state index < -0.39 is 0 Å². The van der Waals surface area contributed by atoms with Gasteiger partial charge in [0.05, 0.1) is 6.04 Å². The Bertz CT molecular complexity index is 433. The average Bonchev–Trinajstić information content (AvgIpc) is 3.03. The maximum atomic E-state index is 12.8. The molecule has 1 aromatic rings. The van der Waals surface area contributed by atoms with Crippen molar-refractivity contribution in [3.05, 3.63) is 22.4 Å². The van der Waals surface area contributed by atoms with Crippen molar-refractivity contribution in [2.24, 2.45) is 5.92 Å². The van der Waals surface area contributed by atoms with Gasteiger partial charge in [-0.3, -0.25) is 10.1 Å². The van der Waals surface area contributed by atoms with Crippen LogP contribution in [0.5, 0.6) is 0 Å². The fraction of sp³-hybridized carbons (Fsp3) is 0.667. The number of hydrogen-bond donors (Lipinski definition) is 1. The van der Waals surface area contributed by atoms with Crippen molar-refractivity contribution < 1.29 is 4.79 Å². The zero-order chi connectivity index (χ0) is 14.7. The van der Waals surface area contributed by atoms with Gasteiger partial charge in [0, 0.05) is 11.8 Å². The monoisotopic (exact) mass is 312 g/mol. The van der Waals surface area contributed by atoms with Crippen molar-refractivity contribution in [3.8, 4) is 0 Å². The molecule has 5 heteroatoms. The first-order valence-corrected chi connectivity index (χ1v) is 9.53. The summed E-state index contributed by atoms with van der Waals surface area (Å²) in [5.41, 5.74) is 1.21. The van der Waals surface area contributed by atoms with Gasteiger partial charge in [-0.05, 0) is 41.0 Å². The molecule has 1 saturated heterocycles. The summed E-state index contributed by atoms with van der Waals surface area (Å²) < 4.78 is 0. The predicted octanol–water partition coefficient (Wildman–Crippen LogP) is 3.34. The van der Waals surface area contributed by atoms with E-state index in [1.807, 2.05) is 11.8 Å². The number of rotatable bonds is 6. The van der Waals surface area contributed by atoms with Crippen molar-refractivity contribution in [1.82, 2.24) is 10.2 Å². The second kappa shape index (κ2) is 6.96. The van der Waals surface area contributed by atoms with Crippen molar-refractivity contribution in [3.63, 3.8) is 0 Å². The average molecular weight is 313 g/mol. The topological polar surface area (TPSA) is 32.3 Å². The van der Waals surface area contributed by atoms with E-state index in [1.54, 1.807) is 11.3 Å². The molecule has 2 rings (SSSR count). The highest BCUT2D eigenvalue weighted by Crippen LogP contribution is 2.32. The third-order valence-corrected chi connectivity index (χ3v) is 5.30. The standard InChI is InChI=1S/C15H24N2OS2/c1-5-12(9-19-4)17-14(11-6-7-20-8-11)16-13(10(2)3)15(17)18/h6-8,10,12-14,16H,5,9H2,1-4H3. The minimum atomic E-state index is -0.0594. The summed E-state index contributed by atoms with van der Waals surface area (Å²) >= 11 is 3.50. The van der Waals surface area contributed by atoms with Crippen molar-refractivity contribution in [2.75, 3.05) is 12.0 Å². The molecule has 112 valence electrons. The first-order chi connectivity index (χ1) is 9.60. The second-order valence-electron chi connectivity index (χ2n) is 5.61. The molecule has 3 unspecified atom stereocenters. The number of thiophene rings is 1. The zero-order valence-corrected chi connectivity index (χ0v) is 14.3. The van der Waals surface area contributed by atoms with Crippen LogP contribution in [0.15, 0.2) is 16.8 Å². The number of hydrogen-bond acceptors (Lipinski definition) is 4. The fourth-order valence-corrected chi connectivity index (χ4v) is 4.21. The quantitative estimate of drug-likeness (QED) is 0.874. The van der Waals surface area contributed by atoms with Crippen molar-refractivity contribution >= 4 is 29.0 Å². The molecule has 0 bridgehead atoms. The highest BCUT2D eigenvalue weighted by Gasteiger charge is 2.43. The maximum absolute atomic E-state index is 12.8. The molecule has 1 N–H and O–H groups in total. The normalized spacial score (nSPS) is 24.6. The number of carbonyl (C=O) groups excluding carboxylic acids is 1. The molecule has 0 saturated carbocycles. The number of nitrogens with one attached hydrogen (secondary N) is 1. The summed E-state index contributed by atoms with van der Waals surface area (Å²) in [6, 6.07) is 2.37. The van der Waals surface area contributed by atoms with Crippen molar-refractivity contribution in [1.29, 1.82) is 0 Å². The molecule has 1 fully saturated rings. The minimum Gasteiger partial charge on any atom is -0.318 e. The van der Waals surface area contributed by atoms with E-state index in [2.05, 4.69) is 54.1 Å². The summed E-state index contributed by atoms with van der Waals surface area (Å²) in [4.78, 5) is 14.9. The van der Waals surface area contributed by atoms with Gasteiger partial charge >= 0.3 is 0 Å². The molecule has 2 heterocycles. The van der Waals surface area contributed by atoms with E-state index in [0.29, 0.717) is 12.0 Å². The van der Waals surface area contributed by atoms with Gasteiger partial charge < -0.3 is 4.90 Å².